The number of benzene rings is 2. The van der Waals surface area contributed by atoms with Gasteiger partial charge < -0.3 is 19.7 Å². The van der Waals surface area contributed by atoms with Crippen LogP contribution in [-0.4, -0.2) is 57.4 Å². The van der Waals surface area contributed by atoms with Crippen LogP contribution in [0, 0.1) is 5.92 Å². The minimum absolute atomic E-state index is 0.297. The molecular weight excluding hydrogens is 392 g/mol. The SMILES string of the molecule is CCOc1cc(CNC2CN3CCC2CC3)ccc1Oc1nnnn1-c1ccccc1. The summed E-state index contributed by atoms with van der Waals surface area (Å²) in [7, 11) is 0. The summed E-state index contributed by atoms with van der Waals surface area (Å²) < 4.78 is 13.5. The van der Waals surface area contributed by atoms with Crippen LogP contribution < -0.4 is 14.8 Å². The second-order valence-corrected chi connectivity index (χ2v) is 8.15. The molecule has 0 radical (unpaired) electrons. The lowest BCUT2D eigenvalue weighted by Gasteiger charge is -2.45. The average molecular weight is 421 g/mol. The molecule has 4 heterocycles. The maximum absolute atomic E-state index is 6.05. The Labute approximate surface area is 182 Å². The minimum Gasteiger partial charge on any atom is -0.490 e. The molecule has 8 nitrogen and oxygen atoms in total. The molecule has 0 spiro atoms. The molecule has 6 rings (SSSR count). The fraction of sp³-hybridized carbons (Fsp3) is 0.435. The van der Waals surface area contributed by atoms with Crippen LogP contribution >= 0.6 is 0 Å². The van der Waals surface area contributed by atoms with Crippen molar-refractivity contribution in [2.75, 3.05) is 26.2 Å². The van der Waals surface area contributed by atoms with Crippen LogP contribution in [0.3, 0.4) is 0 Å². The molecule has 1 aromatic heterocycles. The summed E-state index contributed by atoms with van der Waals surface area (Å²) in [5, 5.41) is 15.6. The van der Waals surface area contributed by atoms with E-state index in [1.165, 1.54) is 31.5 Å². The number of tetrazole rings is 1. The monoisotopic (exact) mass is 420 g/mol. The number of piperidine rings is 3. The maximum Gasteiger partial charge on any atom is 0.346 e. The van der Waals surface area contributed by atoms with E-state index in [0.717, 1.165) is 24.7 Å². The molecule has 2 aromatic carbocycles. The molecule has 3 saturated heterocycles. The molecule has 1 unspecified atom stereocenters. The zero-order valence-electron chi connectivity index (χ0n) is 17.8. The number of aromatic nitrogens is 4. The maximum atomic E-state index is 6.05. The van der Waals surface area contributed by atoms with Gasteiger partial charge in [-0.3, -0.25) is 0 Å². The molecule has 0 saturated carbocycles. The molecule has 3 aliphatic heterocycles. The van der Waals surface area contributed by atoms with Crippen molar-refractivity contribution >= 4 is 0 Å². The largest absolute Gasteiger partial charge is 0.490 e. The minimum atomic E-state index is 0.297. The van der Waals surface area contributed by atoms with E-state index in [1.807, 2.05) is 49.4 Å². The standard InChI is InChI=1S/C23H28N6O2/c1-2-30-22-14-17(15-24-20-16-28-12-10-18(20)11-13-28)8-9-21(22)31-23-25-26-27-29(23)19-6-4-3-5-7-19/h3-9,14,18,20,24H,2,10-13,15-16H2,1H3. The van der Waals surface area contributed by atoms with Crippen molar-refractivity contribution in [2.24, 2.45) is 5.92 Å². The first kappa shape index (κ1) is 20.0. The Morgan fingerprint density at radius 1 is 1.06 bits per heavy atom. The lowest BCUT2D eigenvalue weighted by atomic mass is 9.84. The third kappa shape index (κ3) is 4.40. The van der Waals surface area contributed by atoms with Crippen molar-refractivity contribution in [1.29, 1.82) is 0 Å². The fourth-order valence-corrected chi connectivity index (χ4v) is 4.53. The van der Waals surface area contributed by atoms with E-state index in [9.17, 15) is 0 Å². The molecule has 0 aliphatic carbocycles. The normalized spacial score (nSPS) is 22.4. The molecule has 0 amide bonds. The Kier molecular flexibility index (Phi) is 5.82. The first-order valence-electron chi connectivity index (χ1n) is 11.0. The summed E-state index contributed by atoms with van der Waals surface area (Å²) in [6.07, 6.45) is 2.62. The van der Waals surface area contributed by atoms with Crippen LogP contribution in [0.5, 0.6) is 17.5 Å². The number of para-hydroxylation sites is 1. The van der Waals surface area contributed by atoms with Gasteiger partial charge >= 0.3 is 6.01 Å². The number of hydrogen-bond donors (Lipinski definition) is 1. The quantitative estimate of drug-likeness (QED) is 0.600. The van der Waals surface area contributed by atoms with Gasteiger partial charge in [-0.05, 0) is 79.0 Å². The van der Waals surface area contributed by atoms with Gasteiger partial charge in [-0.25, -0.2) is 0 Å². The van der Waals surface area contributed by atoms with Gasteiger partial charge in [-0.2, -0.15) is 4.68 Å². The third-order valence-electron chi connectivity index (χ3n) is 6.18. The Morgan fingerprint density at radius 3 is 2.65 bits per heavy atom. The number of nitrogens with zero attached hydrogens (tertiary/aromatic N) is 5. The highest BCUT2D eigenvalue weighted by molar-refractivity contribution is 5.45. The highest BCUT2D eigenvalue weighted by atomic mass is 16.5. The van der Waals surface area contributed by atoms with Gasteiger partial charge in [0.2, 0.25) is 0 Å². The summed E-state index contributed by atoms with van der Waals surface area (Å²) in [4.78, 5) is 2.57. The van der Waals surface area contributed by atoms with E-state index < -0.39 is 0 Å². The Balaban J connectivity index is 1.30. The number of ether oxygens (including phenoxy) is 2. The molecule has 1 atom stereocenters. The van der Waals surface area contributed by atoms with Crippen LogP contribution in [0.2, 0.25) is 0 Å². The molecule has 3 aromatic rings. The molecule has 162 valence electrons. The third-order valence-corrected chi connectivity index (χ3v) is 6.18. The molecule has 8 heteroatoms. The van der Waals surface area contributed by atoms with Gasteiger partial charge in [0.05, 0.1) is 12.3 Å². The van der Waals surface area contributed by atoms with Crippen LogP contribution in [0.4, 0.5) is 0 Å². The first-order chi connectivity index (χ1) is 15.3. The van der Waals surface area contributed by atoms with Crippen LogP contribution in [0.15, 0.2) is 48.5 Å². The average Bonchev–Trinajstić information content (AvgIpc) is 3.29. The lowest BCUT2D eigenvalue weighted by molar-refractivity contribution is 0.0720. The van der Waals surface area contributed by atoms with Gasteiger partial charge in [-0.1, -0.05) is 29.4 Å². The number of nitrogens with one attached hydrogen (secondary N) is 1. The molecule has 2 bridgehead atoms. The molecule has 31 heavy (non-hydrogen) atoms. The first-order valence-corrected chi connectivity index (χ1v) is 11.0. The van der Waals surface area contributed by atoms with Crippen LogP contribution in [0.25, 0.3) is 5.69 Å². The summed E-state index contributed by atoms with van der Waals surface area (Å²) >= 11 is 0. The highest BCUT2D eigenvalue weighted by Crippen LogP contribution is 2.33. The van der Waals surface area contributed by atoms with Gasteiger partial charge in [0, 0.05) is 19.1 Å². The Morgan fingerprint density at radius 2 is 1.90 bits per heavy atom. The summed E-state index contributed by atoms with van der Waals surface area (Å²) in [6, 6.07) is 16.6. The molecule has 3 fully saturated rings. The predicted octanol–water partition coefficient (Wildman–Crippen LogP) is 3.04. The van der Waals surface area contributed by atoms with Crippen molar-refractivity contribution in [3.63, 3.8) is 0 Å². The summed E-state index contributed by atoms with van der Waals surface area (Å²) in [6.45, 7) is 7.01. The van der Waals surface area contributed by atoms with E-state index in [4.69, 9.17) is 9.47 Å². The van der Waals surface area contributed by atoms with Crippen molar-refractivity contribution < 1.29 is 9.47 Å². The van der Waals surface area contributed by atoms with Crippen molar-refractivity contribution in [2.45, 2.75) is 32.4 Å². The van der Waals surface area contributed by atoms with Gasteiger partial charge in [0.15, 0.2) is 11.5 Å². The van der Waals surface area contributed by atoms with E-state index in [1.54, 1.807) is 4.68 Å². The molecule has 1 N–H and O–H groups in total. The van der Waals surface area contributed by atoms with Gasteiger partial charge in [0.1, 0.15) is 0 Å². The van der Waals surface area contributed by atoms with Crippen LogP contribution in [0.1, 0.15) is 25.3 Å². The number of fused-ring (bicyclic) bond motifs is 3. The second kappa shape index (κ2) is 9.03. The Hall–Kier alpha value is -2.97. The van der Waals surface area contributed by atoms with E-state index in [2.05, 4.69) is 31.8 Å². The zero-order valence-corrected chi connectivity index (χ0v) is 17.8. The number of rotatable bonds is 8. The van der Waals surface area contributed by atoms with E-state index in [0.29, 0.717) is 30.2 Å². The number of hydrogen-bond acceptors (Lipinski definition) is 7. The molecular formula is C23H28N6O2. The van der Waals surface area contributed by atoms with E-state index in [-0.39, 0.29) is 0 Å². The topological polar surface area (TPSA) is 77.3 Å². The summed E-state index contributed by atoms with van der Waals surface area (Å²) in [5.41, 5.74) is 2.01. The Bertz CT molecular complexity index is 1000. The summed E-state index contributed by atoms with van der Waals surface area (Å²) in [5.74, 6) is 2.09. The van der Waals surface area contributed by atoms with Crippen molar-refractivity contribution in [3.8, 4) is 23.2 Å². The zero-order chi connectivity index (χ0) is 21.0. The van der Waals surface area contributed by atoms with Crippen LogP contribution in [-0.2, 0) is 6.54 Å². The second-order valence-electron chi connectivity index (χ2n) is 8.15. The predicted molar refractivity (Wildman–Crippen MR) is 117 cm³/mol. The lowest BCUT2D eigenvalue weighted by Crippen LogP contribution is -2.55. The highest BCUT2D eigenvalue weighted by Gasteiger charge is 2.33. The fourth-order valence-electron chi connectivity index (χ4n) is 4.53. The smallest absolute Gasteiger partial charge is 0.346 e. The van der Waals surface area contributed by atoms with Crippen molar-refractivity contribution in [1.82, 2.24) is 30.4 Å². The van der Waals surface area contributed by atoms with Gasteiger partial charge in [-0.15, -0.1) is 0 Å². The van der Waals surface area contributed by atoms with E-state index >= 15 is 0 Å². The molecule has 3 aliphatic rings. The van der Waals surface area contributed by atoms with Crippen molar-refractivity contribution in [3.05, 3.63) is 54.1 Å². The van der Waals surface area contributed by atoms with Gasteiger partial charge in [0.25, 0.3) is 0 Å².